The molecule has 0 aliphatic heterocycles. The Morgan fingerprint density at radius 2 is 2.00 bits per heavy atom. The van der Waals surface area contributed by atoms with Crippen molar-refractivity contribution in [2.45, 2.75) is 37.9 Å². The van der Waals surface area contributed by atoms with E-state index in [9.17, 15) is 14.4 Å². The standard InChI is InChI=1S/C13H18BFO4/c1-18-10-3-2-4-11(8-10)19-13-6-5-9(15)7-12(13)14(16)17/h5-7,10-11,16-17H,2-4,8H2,1H3. The van der Waals surface area contributed by atoms with Gasteiger partial charge in [-0.1, -0.05) is 0 Å². The molecule has 1 aliphatic carbocycles. The van der Waals surface area contributed by atoms with Crippen LogP contribution in [-0.4, -0.2) is 36.5 Å². The topological polar surface area (TPSA) is 58.9 Å². The van der Waals surface area contributed by atoms with Crippen molar-refractivity contribution in [3.63, 3.8) is 0 Å². The van der Waals surface area contributed by atoms with Gasteiger partial charge in [-0.25, -0.2) is 4.39 Å². The summed E-state index contributed by atoms with van der Waals surface area (Å²) in [6.07, 6.45) is 3.78. The maximum Gasteiger partial charge on any atom is 0.492 e. The lowest BCUT2D eigenvalue weighted by molar-refractivity contribution is 0.0212. The molecule has 0 aromatic heterocycles. The van der Waals surface area contributed by atoms with Gasteiger partial charge in [0.05, 0.1) is 6.10 Å². The van der Waals surface area contributed by atoms with E-state index in [1.807, 2.05) is 0 Å². The summed E-state index contributed by atoms with van der Waals surface area (Å²) in [5, 5.41) is 18.5. The lowest BCUT2D eigenvalue weighted by Gasteiger charge is -2.29. The van der Waals surface area contributed by atoms with Crippen LogP contribution in [0.5, 0.6) is 5.75 Å². The summed E-state index contributed by atoms with van der Waals surface area (Å²) in [7, 11) is -0.0686. The second kappa shape index (κ2) is 6.37. The molecule has 1 aliphatic rings. The van der Waals surface area contributed by atoms with E-state index in [0.29, 0.717) is 5.75 Å². The van der Waals surface area contributed by atoms with Crippen LogP contribution in [0, 0.1) is 5.82 Å². The van der Waals surface area contributed by atoms with Crippen LogP contribution in [0.25, 0.3) is 0 Å². The number of rotatable bonds is 4. The molecular weight excluding hydrogens is 250 g/mol. The van der Waals surface area contributed by atoms with E-state index in [-0.39, 0.29) is 17.7 Å². The first kappa shape index (κ1) is 14.3. The van der Waals surface area contributed by atoms with Gasteiger partial charge >= 0.3 is 7.12 Å². The minimum absolute atomic E-state index is 0.0401. The number of ether oxygens (including phenoxy) is 2. The van der Waals surface area contributed by atoms with Crippen molar-refractivity contribution in [2.24, 2.45) is 0 Å². The predicted octanol–water partition coefficient (Wildman–Crippen LogP) is 0.842. The molecule has 19 heavy (non-hydrogen) atoms. The van der Waals surface area contributed by atoms with E-state index in [4.69, 9.17) is 9.47 Å². The third kappa shape index (κ3) is 3.68. The molecule has 2 atom stereocenters. The van der Waals surface area contributed by atoms with E-state index in [1.54, 1.807) is 7.11 Å². The molecule has 0 heterocycles. The average Bonchev–Trinajstić information content (AvgIpc) is 2.41. The van der Waals surface area contributed by atoms with Gasteiger partial charge < -0.3 is 19.5 Å². The predicted molar refractivity (Wildman–Crippen MR) is 69.9 cm³/mol. The fraction of sp³-hybridized carbons (Fsp3) is 0.538. The summed E-state index contributed by atoms with van der Waals surface area (Å²) in [5.74, 6) is -0.202. The van der Waals surface area contributed by atoms with E-state index >= 15 is 0 Å². The molecule has 0 spiro atoms. The first-order valence-corrected chi connectivity index (χ1v) is 6.45. The van der Waals surface area contributed by atoms with Gasteiger partial charge in [-0.15, -0.1) is 0 Å². The Labute approximate surface area is 112 Å². The highest BCUT2D eigenvalue weighted by molar-refractivity contribution is 6.59. The quantitative estimate of drug-likeness (QED) is 0.794. The molecule has 4 nitrogen and oxygen atoms in total. The molecule has 2 rings (SSSR count). The number of hydrogen-bond donors (Lipinski definition) is 2. The highest BCUT2D eigenvalue weighted by Gasteiger charge is 2.25. The van der Waals surface area contributed by atoms with Crippen molar-refractivity contribution in [1.29, 1.82) is 0 Å². The normalized spacial score (nSPS) is 23.2. The molecule has 104 valence electrons. The van der Waals surface area contributed by atoms with Crippen LogP contribution in [0.15, 0.2) is 18.2 Å². The van der Waals surface area contributed by atoms with Crippen molar-refractivity contribution >= 4 is 12.6 Å². The minimum atomic E-state index is -1.74. The Bertz CT molecular complexity index is 427. The average molecular weight is 268 g/mol. The summed E-state index contributed by atoms with van der Waals surface area (Å²) in [5.41, 5.74) is 0.0551. The Morgan fingerprint density at radius 1 is 1.26 bits per heavy atom. The van der Waals surface area contributed by atoms with Gasteiger partial charge in [-0.05, 0) is 37.5 Å². The zero-order valence-electron chi connectivity index (χ0n) is 10.9. The fourth-order valence-electron chi connectivity index (χ4n) is 2.43. The van der Waals surface area contributed by atoms with Crippen LogP contribution in [0.1, 0.15) is 25.7 Å². The van der Waals surface area contributed by atoms with Crippen molar-refractivity contribution in [3.8, 4) is 5.75 Å². The van der Waals surface area contributed by atoms with Crippen LogP contribution in [0.2, 0.25) is 0 Å². The maximum absolute atomic E-state index is 13.1. The molecule has 1 fully saturated rings. The largest absolute Gasteiger partial charge is 0.492 e. The first-order chi connectivity index (χ1) is 9.10. The van der Waals surface area contributed by atoms with Gasteiger partial charge in [-0.2, -0.15) is 0 Å². The van der Waals surface area contributed by atoms with Crippen LogP contribution in [0.4, 0.5) is 4.39 Å². The zero-order chi connectivity index (χ0) is 13.8. The Hall–Kier alpha value is -1.11. The highest BCUT2D eigenvalue weighted by atomic mass is 19.1. The second-order valence-electron chi connectivity index (χ2n) is 4.82. The number of methoxy groups -OCH3 is 1. The molecule has 6 heteroatoms. The summed E-state index contributed by atoms with van der Waals surface area (Å²) in [4.78, 5) is 0. The van der Waals surface area contributed by atoms with Gasteiger partial charge in [0, 0.05) is 19.0 Å². The second-order valence-corrected chi connectivity index (χ2v) is 4.82. The molecular formula is C13H18BFO4. The minimum Gasteiger partial charge on any atom is -0.491 e. The zero-order valence-corrected chi connectivity index (χ0v) is 10.9. The smallest absolute Gasteiger partial charge is 0.491 e. The fourth-order valence-corrected chi connectivity index (χ4v) is 2.43. The molecule has 1 aromatic carbocycles. The van der Waals surface area contributed by atoms with Crippen molar-refractivity contribution in [2.75, 3.05) is 7.11 Å². The van der Waals surface area contributed by atoms with Gasteiger partial charge in [0.25, 0.3) is 0 Å². The summed E-state index contributed by atoms with van der Waals surface area (Å²) in [6.45, 7) is 0. The van der Waals surface area contributed by atoms with Crippen LogP contribution in [0.3, 0.4) is 0 Å². The molecule has 0 radical (unpaired) electrons. The summed E-state index contributed by atoms with van der Waals surface area (Å²) < 4.78 is 24.2. The Morgan fingerprint density at radius 3 is 2.68 bits per heavy atom. The van der Waals surface area contributed by atoms with Gasteiger partial charge in [-0.3, -0.25) is 0 Å². The number of benzene rings is 1. The Kier molecular flexibility index (Phi) is 4.79. The van der Waals surface area contributed by atoms with Crippen LogP contribution >= 0.6 is 0 Å². The van der Waals surface area contributed by atoms with E-state index < -0.39 is 12.9 Å². The van der Waals surface area contributed by atoms with Gasteiger partial charge in [0.1, 0.15) is 17.7 Å². The third-order valence-electron chi connectivity index (χ3n) is 3.45. The number of halogens is 1. The highest BCUT2D eigenvalue weighted by Crippen LogP contribution is 2.24. The number of hydrogen-bond acceptors (Lipinski definition) is 4. The SMILES string of the molecule is COC1CCCC(Oc2ccc(F)cc2B(O)O)C1. The van der Waals surface area contributed by atoms with Crippen LogP contribution < -0.4 is 10.2 Å². The van der Waals surface area contributed by atoms with Gasteiger partial charge in [0.2, 0.25) is 0 Å². The Balaban J connectivity index is 2.10. The van der Waals surface area contributed by atoms with Crippen molar-refractivity contribution < 1.29 is 23.9 Å². The molecule has 1 saturated carbocycles. The molecule has 0 amide bonds. The van der Waals surface area contributed by atoms with Crippen LogP contribution in [-0.2, 0) is 4.74 Å². The molecule has 0 saturated heterocycles. The molecule has 0 bridgehead atoms. The molecule has 1 aromatic rings. The summed E-state index contributed by atoms with van der Waals surface area (Å²) >= 11 is 0. The lowest BCUT2D eigenvalue weighted by Crippen LogP contribution is -2.35. The lowest BCUT2D eigenvalue weighted by atomic mass is 9.79. The third-order valence-corrected chi connectivity index (χ3v) is 3.45. The first-order valence-electron chi connectivity index (χ1n) is 6.45. The maximum atomic E-state index is 13.1. The monoisotopic (exact) mass is 268 g/mol. The van der Waals surface area contributed by atoms with E-state index in [2.05, 4.69) is 0 Å². The van der Waals surface area contributed by atoms with E-state index in [1.165, 1.54) is 12.1 Å². The van der Waals surface area contributed by atoms with Gasteiger partial charge in [0.15, 0.2) is 0 Å². The summed E-state index contributed by atoms with van der Waals surface area (Å²) in [6, 6.07) is 3.76. The van der Waals surface area contributed by atoms with Crippen molar-refractivity contribution in [3.05, 3.63) is 24.0 Å². The molecule has 2 unspecified atom stereocenters. The van der Waals surface area contributed by atoms with Crippen molar-refractivity contribution in [1.82, 2.24) is 0 Å². The molecule has 2 N–H and O–H groups in total. The van der Waals surface area contributed by atoms with E-state index in [0.717, 1.165) is 31.7 Å².